The Bertz CT molecular complexity index is 566. The third kappa shape index (κ3) is 2.32. The van der Waals surface area contributed by atoms with Crippen molar-refractivity contribution in [3.8, 4) is 0 Å². The Morgan fingerprint density at radius 2 is 1.95 bits per heavy atom. The van der Waals surface area contributed by atoms with Crippen LogP contribution in [0, 0.1) is 27.0 Å². The predicted octanol–water partition coefficient (Wildman–Crippen LogP) is 2.38. The molecule has 0 bridgehead atoms. The van der Waals surface area contributed by atoms with Gasteiger partial charge in [0.15, 0.2) is 11.6 Å². The SMILES string of the molecule is NC1CCC2CN(C(=O)c3cc(F)c(F)cc3I)CC12. The Labute approximate surface area is 129 Å². The van der Waals surface area contributed by atoms with Crippen molar-refractivity contribution in [3.05, 3.63) is 32.9 Å². The first-order valence-electron chi connectivity index (χ1n) is 6.66. The first-order valence-corrected chi connectivity index (χ1v) is 7.74. The molecule has 0 spiro atoms. The topological polar surface area (TPSA) is 46.3 Å². The molecule has 0 radical (unpaired) electrons. The van der Waals surface area contributed by atoms with Crippen LogP contribution in [0.5, 0.6) is 0 Å². The summed E-state index contributed by atoms with van der Waals surface area (Å²) in [6.45, 7) is 1.30. The van der Waals surface area contributed by atoms with E-state index in [4.69, 9.17) is 5.73 Å². The van der Waals surface area contributed by atoms with Crippen LogP contribution in [0.1, 0.15) is 23.2 Å². The second-order valence-electron chi connectivity index (χ2n) is 5.62. The molecule has 108 valence electrons. The fourth-order valence-electron chi connectivity index (χ4n) is 3.33. The smallest absolute Gasteiger partial charge is 0.255 e. The van der Waals surface area contributed by atoms with Crippen LogP contribution in [0.3, 0.4) is 0 Å². The molecule has 1 aromatic carbocycles. The van der Waals surface area contributed by atoms with E-state index in [0.29, 0.717) is 28.5 Å². The molecule has 2 N–H and O–H groups in total. The normalized spacial score (nSPS) is 28.8. The van der Waals surface area contributed by atoms with Gasteiger partial charge in [0.1, 0.15) is 0 Å². The lowest BCUT2D eigenvalue weighted by atomic mass is 9.98. The van der Waals surface area contributed by atoms with Crippen molar-refractivity contribution in [2.75, 3.05) is 13.1 Å². The second kappa shape index (κ2) is 5.22. The summed E-state index contributed by atoms with van der Waals surface area (Å²) in [5.74, 6) is -1.33. The maximum atomic E-state index is 13.3. The van der Waals surface area contributed by atoms with E-state index in [9.17, 15) is 13.6 Å². The Morgan fingerprint density at radius 1 is 1.25 bits per heavy atom. The number of nitrogens with zero attached hydrogens (tertiary/aromatic N) is 1. The fourth-order valence-corrected chi connectivity index (χ4v) is 3.99. The van der Waals surface area contributed by atoms with Crippen molar-refractivity contribution >= 4 is 28.5 Å². The van der Waals surface area contributed by atoms with Gasteiger partial charge >= 0.3 is 0 Å². The number of nitrogens with two attached hydrogens (primary N) is 1. The number of hydrogen-bond acceptors (Lipinski definition) is 2. The molecule has 3 rings (SSSR count). The Balaban J connectivity index is 1.82. The van der Waals surface area contributed by atoms with Crippen molar-refractivity contribution in [3.63, 3.8) is 0 Å². The van der Waals surface area contributed by atoms with Crippen molar-refractivity contribution in [1.82, 2.24) is 4.90 Å². The first kappa shape index (κ1) is 14.2. The van der Waals surface area contributed by atoms with Crippen LogP contribution in [0.4, 0.5) is 8.78 Å². The number of fused-ring (bicyclic) bond motifs is 1. The molecule has 1 saturated heterocycles. The number of amides is 1. The summed E-state index contributed by atoms with van der Waals surface area (Å²) in [4.78, 5) is 14.2. The van der Waals surface area contributed by atoms with E-state index in [2.05, 4.69) is 0 Å². The van der Waals surface area contributed by atoms with Crippen LogP contribution in [0.2, 0.25) is 0 Å². The van der Waals surface area contributed by atoms with Gasteiger partial charge in [0.05, 0.1) is 5.56 Å². The number of likely N-dealkylation sites (tertiary alicyclic amines) is 1. The highest BCUT2D eigenvalue weighted by Crippen LogP contribution is 2.37. The van der Waals surface area contributed by atoms with Gasteiger partial charge < -0.3 is 10.6 Å². The summed E-state index contributed by atoms with van der Waals surface area (Å²) in [7, 11) is 0. The molecule has 1 heterocycles. The highest BCUT2D eigenvalue weighted by atomic mass is 127. The van der Waals surface area contributed by atoms with Crippen molar-refractivity contribution < 1.29 is 13.6 Å². The van der Waals surface area contributed by atoms with Gasteiger partial charge in [-0.15, -0.1) is 0 Å². The molecule has 3 nitrogen and oxygen atoms in total. The molecule has 20 heavy (non-hydrogen) atoms. The molecule has 6 heteroatoms. The number of hydrogen-bond donors (Lipinski definition) is 1. The Kier molecular flexibility index (Phi) is 3.70. The van der Waals surface area contributed by atoms with Crippen LogP contribution < -0.4 is 5.73 Å². The monoisotopic (exact) mass is 392 g/mol. The molecule has 1 aliphatic carbocycles. The van der Waals surface area contributed by atoms with Gasteiger partial charge in [-0.05, 0) is 59.4 Å². The fraction of sp³-hybridized carbons (Fsp3) is 0.500. The van der Waals surface area contributed by atoms with Crippen LogP contribution in [0.15, 0.2) is 12.1 Å². The van der Waals surface area contributed by atoms with E-state index in [0.717, 1.165) is 25.0 Å². The van der Waals surface area contributed by atoms with E-state index in [1.54, 1.807) is 4.90 Å². The number of carbonyl (C=O) groups is 1. The molecule has 1 aliphatic heterocycles. The molecular weight excluding hydrogens is 377 g/mol. The minimum absolute atomic E-state index is 0.154. The van der Waals surface area contributed by atoms with Gasteiger partial charge in [-0.3, -0.25) is 4.79 Å². The minimum Gasteiger partial charge on any atom is -0.338 e. The highest BCUT2D eigenvalue weighted by Gasteiger charge is 2.42. The van der Waals surface area contributed by atoms with Crippen molar-refractivity contribution in [2.24, 2.45) is 17.6 Å². The average molecular weight is 392 g/mol. The lowest BCUT2D eigenvalue weighted by Gasteiger charge is -2.19. The van der Waals surface area contributed by atoms with Gasteiger partial charge in [-0.2, -0.15) is 0 Å². The number of halogens is 3. The molecular formula is C14H15F2IN2O. The van der Waals surface area contributed by atoms with Gasteiger partial charge in [0, 0.05) is 22.7 Å². The molecule has 3 atom stereocenters. The quantitative estimate of drug-likeness (QED) is 0.590. The zero-order chi connectivity index (χ0) is 14.4. The Morgan fingerprint density at radius 3 is 2.65 bits per heavy atom. The Hall–Kier alpha value is -0.760. The average Bonchev–Trinajstić information content (AvgIpc) is 2.96. The number of benzene rings is 1. The van der Waals surface area contributed by atoms with Gasteiger partial charge in [-0.25, -0.2) is 8.78 Å². The standard InChI is InChI=1S/C14H15F2IN2O/c15-10-3-8(12(17)4-11(10)16)14(20)19-5-7-1-2-13(18)9(7)6-19/h3-4,7,9,13H,1-2,5-6,18H2. The summed E-state index contributed by atoms with van der Waals surface area (Å²) in [6, 6.07) is 2.21. The van der Waals surface area contributed by atoms with Crippen LogP contribution >= 0.6 is 22.6 Å². The van der Waals surface area contributed by atoms with E-state index < -0.39 is 11.6 Å². The largest absolute Gasteiger partial charge is 0.338 e. The van der Waals surface area contributed by atoms with E-state index >= 15 is 0 Å². The summed E-state index contributed by atoms with van der Waals surface area (Å²) in [5.41, 5.74) is 6.28. The zero-order valence-corrected chi connectivity index (χ0v) is 12.9. The zero-order valence-electron chi connectivity index (χ0n) is 10.8. The van der Waals surface area contributed by atoms with Crippen LogP contribution in [0.25, 0.3) is 0 Å². The van der Waals surface area contributed by atoms with Gasteiger partial charge in [0.25, 0.3) is 5.91 Å². The summed E-state index contributed by atoms with van der Waals surface area (Å²) in [5, 5.41) is 0. The highest BCUT2D eigenvalue weighted by molar-refractivity contribution is 14.1. The molecule has 2 aliphatic rings. The van der Waals surface area contributed by atoms with Gasteiger partial charge in [-0.1, -0.05) is 0 Å². The van der Waals surface area contributed by atoms with Crippen LogP contribution in [-0.4, -0.2) is 29.9 Å². The summed E-state index contributed by atoms with van der Waals surface area (Å²) < 4.78 is 26.9. The minimum atomic E-state index is -0.982. The van der Waals surface area contributed by atoms with E-state index in [-0.39, 0.29) is 17.5 Å². The molecule has 2 fully saturated rings. The van der Waals surface area contributed by atoms with Crippen molar-refractivity contribution in [1.29, 1.82) is 0 Å². The maximum Gasteiger partial charge on any atom is 0.255 e. The molecule has 1 aromatic rings. The third-order valence-electron chi connectivity index (χ3n) is 4.44. The summed E-state index contributed by atoms with van der Waals surface area (Å²) in [6.07, 6.45) is 2.06. The van der Waals surface area contributed by atoms with Gasteiger partial charge in [0.2, 0.25) is 0 Å². The van der Waals surface area contributed by atoms with Crippen molar-refractivity contribution in [2.45, 2.75) is 18.9 Å². The second-order valence-corrected chi connectivity index (χ2v) is 6.78. The lowest BCUT2D eigenvalue weighted by Crippen LogP contribution is -2.34. The third-order valence-corrected chi connectivity index (χ3v) is 5.33. The molecule has 3 unspecified atom stereocenters. The molecule has 1 amide bonds. The van der Waals surface area contributed by atoms with E-state index in [1.807, 2.05) is 22.6 Å². The number of rotatable bonds is 1. The molecule has 1 saturated carbocycles. The van der Waals surface area contributed by atoms with Crippen LogP contribution in [-0.2, 0) is 0 Å². The first-order chi connectivity index (χ1) is 9.47. The maximum absolute atomic E-state index is 13.3. The molecule has 0 aromatic heterocycles. The lowest BCUT2D eigenvalue weighted by molar-refractivity contribution is 0.0778. The number of carbonyl (C=O) groups excluding carboxylic acids is 1. The summed E-state index contributed by atoms with van der Waals surface area (Å²) >= 11 is 1.86. The van der Waals surface area contributed by atoms with E-state index in [1.165, 1.54) is 0 Å². The predicted molar refractivity (Wildman–Crippen MR) is 79.2 cm³/mol.